The van der Waals surface area contributed by atoms with Gasteiger partial charge in [-0.05, 0) is 190 Å². The van der Waals surface area contributed by atoms with E-state index < -0.39 is 141 Å². The second-order valence-corrected chi connectivity index (χ2v) is 48.2. The third-order valence-electron chi connectivity index (χ3n) is 31.6. The Kier molecular flexibility index (Phi) is 40.2. The molecule has 39 heteroatoms. The third-order valence-corrected chi connectivity index (χ3v) is 32.8. The average Bonchev–Trinajstić information content (AvgIpc) is 1.68. The van der Waals surface area contributed by atoms with Crippen molar-refractivity contribution in [1.82, 2.24) is 30.7 Å². The molecule has 6 aliphatic heterocycles. The summed E-state index contributed by atoms with van der Waals surface area (Å²) in [5.41, 5.74) is 22.4. The topological polar surface area (TPSA) is 525 Å². The van der Waals surface area contributed by atoms with Crippen molar-refractivity contribution in [3.8, 4) is 17.2 Å². The zero-order valence-corrected chi connectivity index (χ0v) is 91.7. The molecule has 3 spiro atoms. The van der Waals surface area contributed by atoms with Crippen molar-refractivity contribution < 1.29 is 106 Å². The number of carbonyl (C=O) groups excluding carboxylic acids is 12. The monoisotopic (exact) mass is 2140 g/mol. The van der Waals surface area contributed by atoms with Crippen LogP contribution in [-0.4, -0.2) is 236 Å². The van der Waals surface area contributed by atoms with Crippen molar-refractivity contribution in [1.29, 1.82) is 0 Å². The zero-order valence-electron chi connectivity index (χ0n) is 88.6. The normalized spacial score (nSPS) is 24.0. The number of carbonyl (C=O) groups is 13. The van der Waals surface area contributed by atoms with E-state index in [0.717, 1.165) is 132 Å². The van der Waals surface area contributed by atoms with Crippen LogP contribution in [0.1, 0.15) is 314 Å². The van der Waals surface area contributed by atoms with Crippen LogP contribution in [0.2, 0.25) is 15.1 Å². The first kappa shape index (κ1) is 118. The standard InChI is InChI=1S/C37H53ClN4O7.C37H51ClN4O7.C29H40ClN3O6.C6H12N2O2.ClH/c2*1-21-13-30(48-5)25(17-26(21)38)27-18-37(49-41-27)19-28(29(43)16-24(14-23-11-12-23)32(45)34(39)46)42(20-37)35(47)33(36(2,3)4)40-31(44)15-22-9-7-6-8-10-22;1-17-11-23(38-5)19(13-20(17)30)21-14-29(39-32-21)15-22(27(36)37)33(16-29)26(35)25(28(2,3)4)31-24(34)12-18-9-7-6-8-10-18;7-4(3-1-2-3)5(9)6(8)10;/h13,17,22-24,28,32-33,45H,6-12,14-16,18-20H2,1-5H3,(H2,39,46)(H,40,44);13,17,22-24,28,33H,6-12,14-16,18-20H2,1-5H3,(H2,39,46)(H,40,44);11,13,18,22,25H,6-10,12,14-16H2,1-5H3,(H,31,34)(H,36,37);3-5,9H,1-2,7H2,(H2,8,10);1H/t24-,28+,32?,33-,37-;24-,28+,33-,37-;22-,25+,29+;4-,5?;/m1100./s1. The highest BCUT2D eigenvalue weighted by atomic mass is 35.5. The number of aliphatic carboxylic acids is 1. The van der Waals surface area contributed by atoms with Crippen molar-refractivity contribution in [3.05, 3.63) is 84.8 Å². The van der Waals surface area contributed by atoms with Crippen molar-refractivity contribution in [2.24, 2.45) is 102 Å². The molecule has 148 heavy (non-hydrogen) atoms. The summed E-state index contributed by atoms with van der Waals surface area (Å²) in [6.45, 7) is 22.7. The average molecular weight is 2140 g/mol. The number of amides is 9. The van der Waals surface area contributed by atoms with Crippen LogP contribution >= 0.6 is 47.2 Å². The summed E-state index contributed by atoms with van der Waals surface area (Å²) in [6, 6.07) is 4.66. The number of likely N-dealkylation sites (tertiary alicyclic amines) is 3. The lowest BCUT2D eigenvalue weighted by molar-refractivity contribution is -0.150. The smallest absolute Gasteiger partial charge is 0.326 e. The fourth-order valence-corrected chi connectivity index (χ4v) is 22.9. The Morgan fingerprint density at radius 2 is 0.743 bits per heavy atom. The quantitative estimate of drug-likeness (QED) is 0.0242. The lowest BCUT2D eigenvalue weighted by Crippen LogP contribution is -2.57. The molecular formula is C109H157Cl4N13O22. The number of rotatable bonds is 36. The van der Waals surface area contributed by atoms with Gasteiger partial charge in [-0.25, -0.2) is 4.79 Å². The molecule has 2 unspecified atom stereocenters. The van der Waals surface area contributed by atoms with E-state index in [-0.39, 0.29) is 118 Å². The van der Waals surface area contributed by atoms with E-state index in [1.165, 1.54) is 34.0 Å². The predicted octanol–water partition coefficient (Wildman–Crippen LogP) is 13.6. The lowest BCUT2D eigenvalue weighted by Gasteiger charge is -2.36. The second kappa shape index (κ2) is 50.2. The van der Waals surface area contributed by atoms with Crippen LogP contribution in [-0.2, 0) is 76.8 Å². The number of nitrogens with two attached hydrogens (primary N) is 4. The Balaban J connectivity index is 0.000000201. The first-order valence-corrected chi connectivity index (χ1v) is 53.7. The SMILES string of the molecule is COc1cc(C)c(Cl)cc1C1=NO[C@]2(C1)C[C@@H](C(=O)C[C@@H](CC1CC1)C(=O)C(N)=O)N(C(=O)[C@@H](NC(=O)CC1CCCCC1)C(C)(C)C)C2.COc1cc(C)c(Cl)cc1C1=NO[C@]2(C1)C[C@@H](C(=O)C[C@@H](CC1CC1)C(O)C(N)=O)N(C(=O)[C@@H](NC(=O)CC1CCCCC1)C(C)(C)C)C2.COc1cc(C)c(Cl)cc1C1=NO[C@]2(C1)C[C@@H](C(=O)O)N(C(=O)[C@@H](NC(=O)CC1CCCCC1)C(C)(C)C)C2.Cl.NC(=O)C(O)[C@@H](N)C1CC1. The van der Waals surface area contributed by atoms with Crippen LogP contribution < -0.4 is 53.1 Å². The van der Waals surface area contributed by atoms with Gasteiger partial charge in [-0.15, -0.1) is 12.4 Å². The van der Waals surface area contributed by atoms with Gasteiger partial charge in [0.1, 0.15) is 53.6 Å². The van der Waals surface area contributed by atoms with Gasteiger partial charge in [-0.3, -0.25) is 57.5 Å². The van der Waals surface area contributed by atoms with E-state index in [9.17, 15) is 72.5 Å². The fraction of sp³-hybridized carbons (Fsp3) is 0.688. The number of methoxy groups -OCH3 is 3. The molecule has 14 atom stereocenters. The van der Waals surface area contributed by atoms with Gasteiger partial charge in [0.2, 0.25) is 53.0 Å². The summed E-state index contributed by atoms with van der Waals surface area (Å²) in [5.74, 6) is -4.83. The van der Waals surface area contributed by atoms with E-state index >= 15 is 0 Å². The molecule has 0 radical (unpaired) electrons. The minimum Gasteiger partial charge on any atom is -0.496 e. The van der Waals surface area contributed by atoms with Crippen LogP contribution in [0.3, 0.4) is 0 Å². The lowest BCUT2D eigenvalue weighted by atomic mass is 9.83. The number of oxime groups is 3. The number of nitrogens with zero attached hydrogens (tertiary/aromatic N) is 6. The number of carboxylic acid groups (broad SMARTS) is 1. The predicted molar refractivity (Wildman–Crippen MR) is 562 cm³/mol. The number of ether oxygens (including phenoxy) is 3. The van der Waals surface area contributed by atoms with Crippen molar-refractivity contribution in [2.75, 3.05) is 41.0 Å². The van der Waals surface area contributed by atoms with Crippen LogP contribution in [0, 0.1) is 84.4 Å². The van der Waals surface area contributed by atoms with Crippen LogP contribution in [0.5, 0.6) is 17.2 Å². The van der Waals surface area contributed by atoms with E-state index in [4.69, 9.17) is 91.6 Å². The van der Waals surface area contributed by atoms with Gasteiger partial charge in [0.05, 0.1) is 70.2 Å². The number of primary amides is 3. The molecule has 818 valence electrons. The largest absolute Gasteiger partial charge is 0.496 e. The number of halogens is 4. The molecule has 6 saturated carbocycles. The molecule has 15 rings (SSSR count). The van der Waals surface area contributed by atoms with E-state index in [1.807, 2.05) is 101 Å². The summed E-state index contributed by atoms with van der Waals surface area (Å²) in [7, 11) is 4.68. The van der Waals surface area contributed by atoms with Gasteiger partial charge in [0.15, 0.2) is 28.4 Å². The molecule has 3 saturated heterocycles. The summed E-state index contributed by atoms with van der Waals surface area (Å²) in [5, 5.41) is 53.6. The van der Waals surface area contributed by atoms with Gasteiger partial charge >= 0.3 is 5.97 Å². The molecule has 0 bridgehead atoms. The Morgan fingerprint density at radius 3 is 1.03 bits per heavy atom. The van der Waals surface area contributed by atoms with Gasteiger partial charge < -0.3 is 97.6 Å². The maximum Gasteiger partial charge on any atom is 0.326 e. The van der Waals surface area contributed by atoms with Crippen molar-refractivity contribution >= 4 is 141 Å². The molecule has 12 aliphatic rings. The Labute approximate surface area is 890 Å². The minimum absolute atomic E-state index is 0. The van der Waals surface area contributed by atoms with Crippen molar-refractivity contribution in [3.63, 3.8) is 0 Å². The third kappa shape index (κ3) is 30.4. The molecule has 14 N–H and O–H groups in total. The van der Waals surface area contributed by atoms with Gasteiger partial charge in [0, 0.05) is 120 Å². The van der Waals surface area contributed by atoms with Gasteiger partial charge in [-0.2, -0.15) is 0 Å². The Bertz CT molecular complexity index is 5460. The van der Waals surface area contributed by atoms with Crippen LogP contribution in [0.25, 0.3) is 0 Å². The highest BCUT2D eigenvalue weighted by Gasteiger charge is 2.60. The number of ketones is 3. The number of aryl methyl sites for hydroxylation is 3. The van der Waals surface area contributed by atoms with E-state index in [0.29, 0.717) is 135 Å². The minimum atomic E-state index is -1.47. The summed E-state index contributed by atoms with van der Waals surface area (Å²) < 4.78 is 16.8. The molecule has 3 aromatic carbocycles. The second-order valence-electron chi connectivity index (χ2n) is 47.0. The van der Waals surface area contributed by atoms with Crippen LogP contribution in [0.15, 0.2) is 51.9 Å². The molecule has 6 heterocycles. The molecule has 9 fully saturated rings. The van der Waals surface area contributed by atoms with Crippen LogP contribution in [0.4, 0.5) is 0 Å². The molecule has 9 amide bonds. The molecule has 3 aromatic rings. The summed E-state index contributed by atoms with van der Waals surface area (Å²) >= 11 is 19.3. The highest BCUT2D eigenvalue weighted by Crippen LogP contribution is 2.49. The number of hydrogen-bond acceptors (Lipinski definition) is 25. The first-order valence-electron chi connectivity index (χ1n) is 52.6. The maximum absolute atomic E-state index is 14.6. The van der Waals surface area contributed by atoms with E-state index in [1.54, 1.807) is 39.5 Å². The number of Topliss-reactive ketones (excluding diaryl/α,β-unsaturated/α-hetero) is 3. The van der Waals surface area contributed by atoms with Crippen molar-refractivity contribution in [2.45, 2.75) is 373 Å². The molecule has 0 aromatic heterocycles. The van der Waals surface area contributed by atoms with E-state index in [2.05, 4.69) is 31.4 Å². The zero-order chi connectivity index (χ0) is 108. The van der Waals surface area contributed by atoms with Gasteiger partial charge in [0.25, 0.3) is 5.91 Å². The summed E-state index contributed by atoms with van der Waals surface area (Å²) in [6.07, 6.45) is 22.4. The van der Waals surface area contributed by atoms with Gasteiger partial charge in [-0.1, -0.05) is 196 Å². The number of benzene rings is 3. The number of carboxylic acids is 1. The summed E-state index contributed by atoms with van der Waals surface area (Å²) in [4.78, 5) is 193. The maximum atomic E-state index is 14.6. The number of nitrogens with one attached hydrogen (secondary N) is 3. The molecular weight excluding hydrogens is 1990 g/mol. The number of aliphatic hydroxyl groups excluding tert-OH is 2. The molecule has 6 aliphatic carbocycles. The number of hydrogen-bond donors (Lipinski definition) is 10. The molecule has 35 nitrogen and oxygen atoms in total. The Hall–Kier alpha value is -9.78. The number of aliphatic hydroxyl groups is 2. The fourth-order valence-electron chi connectivity index (χ4n) is 22.4. The highest BCUT2D eigenvalue weighted by molar-refractivity contribution is 6.37. The Morgan fingerprint density at radius 1 is 0.439 bits per heavy atom. The first-order chi connectivity index (χ1) is 69.2.